The molecule has 1 rings (SSSR count). The number of thioether (sulfide) groups is 1. The van der Waals surface area contributed by atoms with Crippen LogP contribution in [0.4, 0.5) is 8.78 Å². The zero-order valence-electron chi connectivity index (χ0n) is 10.4. The first-order valence-electron chi connectivity index (χ1n) is 5.87. The van der Waals surface area contributed by atoms with Crippen LogP contribution in [0.1, 0.15) is 25.8 Å². The fraction of sp³-hybridized carbons (Fsp3) is 0.538. The Morgan fingerprint density at radius 1 is 1.39 bits per heavy atom. The van der Waals surface area contributed by atoms with E-state index in [1.54, 1.807) is 11.8 Å². The Bertz CT molecular complexity index is 401. The van der Waals surface area contributed by atoms with Gasteiger partial charge in [-0.1, -0.05) is 13.8 Å². The Balaban J connectivity index is 2.64. The summed E-state index contributed by atoms with van der Waals surface area (Å²) < 4.78 is 27.4. The first kappa shape index (κ1) is 15.9. The smallest absolute Gasteiger partial charge is 0.143 e. The summed E-state index contributed by atoms with van der Waals surface area (Å²) in [5.74, 6) is -0.744. The Morgan fingerprint density at radius 3 is 2.67 bits per heavy atom. The minimum atomic E-state index is -0.734. The Morgan fingerprint density at radius 2 is 2.06 bits per heavy atom. The van der Waals surface area contributed by atoms with Crippen molar-refractivity contribution in [2.24, 2.45) is 0 Å². The van der Waals surface area contributed by atoms with Crippen LogP contribution in [-0.4, -0.2) is 22.2 Å². The van der Waals surface area contributed by atoms with E-state index in [1.165, 1.54) is 12.1 Å². The third-order valence-corrected chi connectivity index (χ3v) is 4.82. The third-order valence-electron chi connectivity index (χ3n) is 2.73. The normalized spacial score (nSPS) is 14.6. The summed E-state index contributed by atoms with van der Waals surface area (Å²) in [7, 11) is 0. The number of hydrogen-bond donors (Lipinski definition) is 1. The van der Waals surface area contributed by atoms with Crippen LogP contribution in [0.15, 0.2) is 16.6 Å². The van der Waals surface area contributed by atoms with Gasteiger partial charge in [0.05, 0.1) is 10.6 Å². The molecular weight excluding hydrogens is 322 g/mol. The van der Waals surface area contributed by atoms with Crippen molar-refractivity contribution in [2.45, 2.75) is 38.0 Å². The van der Waals surface area contributed by atoms with E-state index in [9.17, 15) is 13.9 Å². The minimum Gasteiger partial charge on any atom is -0.392 e. The van der Waals surface area contributed by atoms with E-state index in [2.05, 4.69) is 29.8 Å². The predicted octanol–water partition coefficient (Wildman–Crippen LogP) is 4.16. The number of rotatable bonds is 6. The fourth-order valence-corrected chi connectivity index (χ4v) is 2.72. The number of benzene rings is 1. The average molecular weight is 339 g/mol. The van der Waals surface area contributed by atoms with Crippen LogP contribution in [0.2, 0.25) is 0 Å². The number of hydrogen-bond acceptors (Lipinski definition) is 2. The van der Waals surface area contributed by atoms with Crippen LogP contribution < -0.4 is 0 Å². The first-order valence-corrected chi connectivity index (χ1v) is 7.71. The van der Waals surface area contributed by atoms with Gasteiger partial charge in [0, 0.05) is 23.0 Å². The molecule has 0 radical (unpaired) electrons. The first-order chi connectivity index (χ1) is 8.45. The Kier molecular flexibility index (Phi) is 6.60. The molecule has 0 spiro atoms. The molecule has 0 aliphatic heterocycles. The number of aliphatic hydroxyl groups excluding tert-OH is 1. The molecule has 0 aromatic heterocycles. The topological polar surface area (TPSA) is 20.2 Å². The summed E-state index contributed by atoms with van der Waals surface area (Å²) in [6.45, 7) is 4.13. The predicted molar refractivity (Wildman–Crippen MR) is 76.0 cm³/mol. The highest BCUT2D eigenvalue weighted by Gasteiger charge is 2.17. The van der Waals surface area contributed by atoms with Crippen molar-refractivity contribution in [3.63, 3.8) is 0 Å². The second-order valence-electron chi connectivity index (χ2n) is 4.23. The van der Waals surface area contributed by atoms with E-state index < -0.39 is 17.7 Å². The van der Waals surface area contributed by atoms with Crippen LogP contribution in [0.25, 0.3) is 0 Å². The maximum absolute atomic E-state index is 13.7. The van der Waals surface area contributed by atoms with Crippen LogP contribution in [0.5, 0.6) is 0 Å². The van der Waals surface area contributed by atoms with Crippen LogP contribution in [-0.2, 0) is 6.42 Å². The monoisotopic (exact) mass is 338 g/mol. The lowest BCUT2D eigenvalue weighted by molar-refractivity contribution is 0.197. The third kappa shape index (κ3) is 4.52. The van der Waals surface area contributed by atoms with E-state index in [1.807, 2.05) is 0 Å². The van der Waals surface area contributed by atoms with E-state index in [4.69, 9.17) is 0 Å². The van der Waals surface area contributed by atoms with Crippen molar-refractivity contribution in [3.05, 3.63) is 33.8 Å². The lowest BCUT2D eigenvalue weighted by Crippen LogP contribution is -2.17. The number of aliphatic hydroxyl groups is 1. The van der Waals surface area contributed by atoms with Crippen molar-refractivity contribution in [3.8, 4) is 0 Å². The number of halogens is 3. The second-order valence-corrected chi connectivity index (χ2v) is 6.56. The molecule has 102 valence electrons. The van der Waals surface area contributed by atoms with Crippen molar-refractivity contribution >= 4 is 27.7 Å². The van der Waals surface area contributed by atoms with Crippen molar-refractivity contribution < 1.29 is 13.9 Å². The van der Waals surface area contributed by atoms with Gasteiger partial charge in [0.2, 0.25) is 0 Å². The molecule has 0 amide bonds. The van der Waals surface area contributed by atoms with Gasteiger partial charge in [0.25, 0.3) is 0 Å². The summed E-state index contributed by atoms with van der Waals surface area (Å²) in [5.41, 5.74) is -0.0540. The van der Waals surface area contributed by atoms with Crippen molar-refractivity contribution in [1.82, 2.24) is 0 Å². The van der Waals surface area contributed by atoms with E-state index in [-0.39, 0.29) is 16.5 Å². The highest BCUT2D eigenvalue weighted by atomic mass is 79.9. The molecule has 0 heterocycles. The van der Waals surface area contributed by atoms with Gasteiger partial charge in [0.1, 0.15) is 11.6 Å². The molecule has 0 aliphatic rings. The quantitative estimate of drug-likeness (QED) is 0.786. The van der Waals surface area contributed by atoms with Crippen molar-refractivity contribution in [2.75, 3.05) is 5.75 Å². The lowest BCUT2D eigenvalue weighted by Gasteiger charge is -2.14. The molecule has 1 nitrogen and oxygen atoms in total. The van der Waals surface area contributed by atoms with Gasteiger partial charge in [-0.25, -0.2) is 8.78 Å². The van der Waals surface area contributed by atoms with Gasteiger partial charge in [0.15, 0.2) is 0 Å². The van der Waals surface area contributed by atoms with Gasteiger partial charge >= 0.3 is 0 Å². The molecule has 2 atom stereocenters. The Labute approximate surface area is 119 Å². The summed E-state index contributed by atoms with van der Waals surface area (Å²) >= 11 is 4.63. The maximum Gasteiger partial charge on any atom is 0.143 e. The fourth-order valence-electron chi connectivity index (χ4n) is 1.44. The van der Waals surface area contributed by atoms with E-state index >= 15 is 0 Å². The highest BCUT2D eigenvalue weighted by molar-refractivity contribution is 9.10. The zero-order chi connectivity index (χ0) is 13.7. The van der Waals surface area contributed by atoms with Crippen molar-refractivity contribution in [1.29, 1.82) is 0 Å². The van der Waals surface area contributed by atoms with E-state index in [0.717, 1.165) is 6.42 Å². The molecule has 0 aliphatic carbocycles. The second kappa shape index (κ2) is 7.46. The molecule has 0 fully saturated rings. The molecule has 18 heavy (non-hydrogen) atoms. The maximum atomic E-state index is 13.7. The summed E-state index contributed by atoms with van der Waals surface area (Å²) in [6, 6.07) is 2.53. The van der Waals surface area contributed by atoms with E-state index in [0.29, 0.717) is 11.0 Å². The molecular formula is C13H17BrF2OS. The molecule has 1 aromatic carbocycles. The largest absolute Gasteiger partial charge is 0.392 e. The zero-order valence-corrected chi connectivity index (χ0v) is 12.8. The van der Waals surface area contributed by atoms with Crippen LogP contribution in [0.3, 0.4) is 0 Å². The molecule has 0 saturated heterocycles. The van der Waals surface area contributed by atoms with Gasteiger partial charge in [-0.2, -0.15) is 11.8 Å². The van der Waals surface area contributed by atoms with Gasteiger partial charge in [-0.15, -0.1) is 0 Å². The molecule has 0 saturated carbocycles. The molecule has 5 heteroatoms. The average Bonchev–Trinajstić information content (AvgIpc) is 2.36. The summed E-state index contributed by atoms with van der Waals surface area (Å²) in [5, 5.41) is 10.3. The summed E-state index contributed by atoms with van der Waals surface area (Å²) in [6.07, 6.45) is 0.277. The SMILES string of the molecule is CCC(C)SCC(O)Cc1c(F)ccc(Br)c1F. The lowest BCUT2D eigenvalue weighted by atomic mass is 10.1. The van der Waals surface area contributed by atoms with Gasteiger partial charge < -0.3 is 5.11 Å². The molecule has 2 unspecified atom stereocenters. The molecule has 1 aromatic rings. The minimum absolute atomic E-state index is 0.000537. The van der Waals surface area contributed by atoms with Gasteiger partial charge in [-0.05, 0) is 34.5 Å². The summed E-state index contributed by atoms with van der Waals surface area (Å²) in [4.78, 5) is 0. The van der Waals surface area contributed by atoms with Crippen LogP contribution >= 0.6 is 27.7 Å². The molecule has 1 N–H and O–H groups in total. The standard InChI is InChI=1S/C13H17BrF2OS/c1-3-8(2)18-7-9(17)6-10-12(15)5-4-11(14)13(10)16/h4-5,8-9,17H,3,6-7H2,1-2H3. The highest BCUT2D eigenvalue weighted by Crippen LogP contribution is 2.24. The van der Waals surface area contributed by atoms with Crippen LogP contribution in [0, 0.1) is 11.6 Å². The molecule has 0 bridgehead atoms. The Hall–Kier alpha value is -0.130. The van der Waals surface area contributed by atoms with Gasteiger partial charge in [-0.3, -0.25) is 0 Å².